The lowest BCUT2D eigenvalue weighted by atomic mass is 9.90. The van der Waals surface area contributed by atoms with Crippen LogP contribution < -0.4 is 5.32 Å². The summed E-state index contributed by atoms with van der Waals surface area (Å²) in [6.45, 7) is 8.53. The van der Waals surface area contributed by atoms with E-state index in [1.807, 2.05) is 19.9 Å². The molecule has 0 fully saturated rings. The second-order valence-electron chi connectivity index (χ2n) is 6.12. The van der Waals surface area contributed by atoms with Crippen LogP contribution in [0.25, 0.3) is 0 Å². The van der Waals surface area contributed by atoms with Crippen LogP contribution in [0.5, 0.6) is 5.75 Å². The SMILES string of the molecule is C=C(C)Cc1c(O)c(Br)cc2c1C(CCNC(=O)CC)CC2. The minimum absolute atomic E-state index is 0.0963. The molecule has 0 saturated carbocycles. The van der Waals surface area contributed by atoms with E-state index < -0.39 is 0 Å². The van der Waals surface area contributed by atoms with Crippen LogP contribution in [0.4, 0.5) is 0 Å². The zero-order valence-corrected chi connectivity index (χ0v) is 14.9. The number of rotatable bonds is 6. The Morgan fingerprint density at radius 3 is 2.91 bits per heavy atom. The van der Waals surface area contributed by atoms with E-state index in [1.165, 1.54) is 11.1 Å². The highest BCUT2D eigenvalue weighted by Gasteiger charge is 2.28. The van der Waals surface area contributed by atoms with Crippen LogP contribution in [0.15, 0.2) is 22.7 Å². The molecule has 0 bridgehead atoms. The first-order chi connectivity index (χ1) is 10.4. The lowest BCUT2D eigenvalue weighted by Gasteiger charge is -2.19. The molecule has 22 heavy (non-hydrogen) atoms. The summed E-state index contributed by atoms with van der Waals surface area (Å²) >= 11 is 3.45. The fourth-order valence-corrected chi connectivity index (χ4v) is 3.75. The molecule has 2 N–H and O–H groups in total. The second-order valence-corrected chi connectivity index (χ2v) is 6.97. The van der Waals surface area contributed by atoms with Crippen LogP contribution in [0.3, 0.4) is 0 Å². The molecule has 120 valence electrons. The molecule has 0 aromatic heterocycles. The summed E-state index contributed by atoms with van der Waals surface area (Å²) in [4.78, 5) is 11.4. The number of aryl methyl sites for hydroxylation is 1. The van der Waals surface area contributed by atoms with Gasteiger partial charge in [0.25, 0.3) is 0 Å². The first kappa shape index (κ1) is 17.1. The number of phenolic OH excluding ortho intramolecular Hbond substituents is 1. The van der Waals surface area contributed by atoms with Crippen molar-refractivity contribution in [3.8, 4) is 5.75 Å². The summed E-state index contributed by atoms with van der Waals surface area (Å²) in [6.07, 6.45) is 4.25. The predicted molar refractivity (Wildman–Crippen MR) is 93.3 cm³/mol. The summed E-state index contributed by atoms with van der Waals surface area (Å²) in [5, 5.41) is 13.4. The second kappa shape index (κ2) is 7.32. The van der Waals surface area contributed by atoms with Gasteiger partial charge in [0.05, 0.1) is 4.47 Å². The maximum atomic E-state index is 11.4. The van der Waals surface area contributed by atoms with Crippen molar-refractivity contribution in [2.45, 2.75) is 51.9 Å². The molecule has 0 aliphatic heterocycles. The van der Waals surface area contributed by atoms with E-state index >= 15 is 0 Å². The Morgan fingerprint density at radius 1 is 1.55 bits per heavy atom. The van der Waals surface area contributed by atoms with Gasteiger partial charge < -0.3 is 10.4 Å². The molecule has 1 aliphatic carbocycles. The Labute approximate surface area is 140 Å². The molecule has 0 spiro atoms. The molecule has 0 saturated heterocycles. The van der Waals surface area contributed by atoms with Gasteiger partial charge in [-0.05, 0) is 71.6 Å². The summed E-state index contributed by atoms with van der Waals surface area (Å²) < 4.78 is 0.766. The minimum atomic E-state index is 0.0963. The molecule has 2 rings (SSSR count). The quantitative estimate of drug-likeness (QED) is 0.741. The highest BCUT2D eigenvalue weighted by Crippen LogP contribution is 2.44. The molecule has 1 aromatic carbocycles. The zero-order valence-electron chi connectivity index (χ0n) is 13.3. The van der Waals surface area contributed by atoms with Crippen molar-refractivity contribution in [2.24, 2.45) is 0 Å². The molecule has 4 heteroatoms. The van der Waals surface area contributed by atoms with Crippen LogP contribution in [-0.4, -0.2) is 17.6 Å². The largest absolute Gasteiger partial charge is 0.506 e. The molecule has 0 radical (unpaired) electrons. The molecule has 1 atom stereocenters. The van der Waals surface area contributed by atoms with Gasteiger partial charge in [-0.15, -0.1) is 0 Å². The van der Waals surface area contributed by atoms with Gasteiger partial charge >= 0.3 is 0 Å². The van der Waals surface area contributed by atoms with E-state index in [1.54, 1.807) is 0 Å². The van der Waals surface area contributed by atoms with Crippen LogP contribution in [0.1, 0.15) is 55.7 Å². The van der Waals surface area contributed by atoms with Gasteiger partial charge in [0.1, 0.15) is 5.75 Å². The number of hydrogen-bond acceptors (Lipinski definition) is 2. The maximum absolute atomic E-state index is 11.4. The van der Waals surface area contributed by atoms with Gasteiger partial charge in [0.15, 0.2) is 0 Å². The number of carbonyl (C=O) groups excluding carboxylic acids is 1. The van der Waals surface area contributed by atoms with Crippen molar-refractivity contribution in [3.63, 3.8) is 0 Å². The van der Waals surface area contributed by atoms with Crippen LogP contribution >= 0.6 is 15.9 Å². The number of halogens is 1. The molecule has 1 aliphatic rings. The minimum Gasteiger partial charge on any atom is -0.506 e. The summed E-state index contributed by atoms with van der Waals surface area (Å²) in [6, 6.07) is 2.04. The molecule has 1 aromatic rings. The van der Waals surface area contributed by atoms with Crippen LogP contribution in [0.2, 0.25) is 0 Å². The highest BCUT2D eigenvalue weighted by molar-refractivity contribution is 9.10. The molecule has 1 unspecified atom stereocenters. The Kier molecular flexibility index (Phi) is 5.68. The van der Waals surface area contributed by atoms with Crippen LogP contribution in [0, 0.1) is 0 Å². The van der Waals surface area contributed by atoms with Crippen molar-refractivity contribution in [1.82, 2.24) is 5.32 Å². The molecular weight excluding hydrogens is 342 g/mol. The first-order valence-corrected chi connectivity index (χ1v) is 8.67. The molecular formula is C18H24BrNO2. The Bertz CT molecular complexity index is 595. The fourth-order valence-electron chi connectivity index (χ4n) is 3.23. The van der Waals surface area contributed by atoms with Gasteiger partial charge in [0.2, 0.25) is 5.91 Å². The highest BCUT2D eigenvalue weighted by atomic mass is 79.9. The maximum Gasteiger partial charge on any atom is 0.219 e. The number of nitrogens with one attached hydrogen (secondary N) is 1. The number of fused-ring (bicyclic) bond motifs is 1. The normalized spacial score (nSPS) is 16.4. The summed E-state index contributed by atoms with van der Waals surface area (Å²) in [5.74, 6) is 0.839. The topological polar surface area (TPSA) is 49.3 Å². The Hall–Kier alpha value is -1.29. The monoisotopic (exact) mass is 365 g/mol. The molecule has 1 amide bonds. The molecule has 0 heterocycles. The van der Waals surface area contributed by atoms with Crippen molar-refractivity contribution >= 4 is 21.8 Å². The van der Waals surface area contributed by atoms with Crippen molar-refractivity contribution in [2.75, 3.05) is 6.54 Å². The number of hydrogen-bond donors (Lipinski definition) is 2. The van der Waals surface area contributed by atoms with Gasteiger partial charge in [-0.25, -0.2) is 0 Å². The lowest BCUT2D eigenvalue weighted by molar-refractivity contribution is -0.120. The standard InChI is InChI=1S/C18H24BrNO2/c1-4-16(21)20-8-7-12-5-6-13-10-15(19)18(22)14(17(12)13)9-11(2)3/h10,12,22H,2,4-9H2,1,3H3,(H,20,21). The van der Waals surface area contributed by atoms with E-state index in [0.29, 0.717) is 31.1 Å². The first-order valence-electron chi connectivity index (χ1n) is 7.88. The summed E-state index contributed by atoms with van der Waals surface area (Å²) in [5.41, 5.74) is 4.63. The van der Waals surface area contributed by atoms with Gasteiger partial charge in [-0.2, -0.15) is 0 Å². The van der Waals surface area contributed by atoms with Crippen LogP contribution in [-0.2, 0) is 17.6 Å². The Morgan fingerprint density at radius 2 is 2.27 bits per heavy atom. The van der Waals surface area contributed by atoms with Gasteiger partial charge in [-0.3, -0.25) is 4.79 Å². The van der Waals surface area contributed by atoms with E-state index in [0.717, 1.165) is 34.9 Å². The summed E-state index contributed by atoms with van der Waals surface area (Å²) in [7, 11) is 0. The number of allylic oxidation sites excluding steroid dienone is 1. The number of phenols is 1. The van der Waals surface area contributed by atoms with Gasteiger partial charge in [-0.1, -0.05) is 19.1 Å². The van der Waals surface area contributed by atoms with Crippen molar-refractivity contribution in [1.29, 1.82) is 0 Å². The third kappa shape index (κ3) is 3.72. The van der Waals surface area contributed by atoms with E-state index in [9.17, 15) is 9.90 Å². The third-order valence-corrected chi connectivity index (χ3v) is 4.87. The molecule has 3 nitrogen and oxygen atoms in total. The lowest BCUT2D eigenvalue weighted by Crippen LogP contribution is -2.24. The Balaban J connectivity index is 2.22. The number of amides is 1. The van der Waals surface area contributed by atoms with Crippen molar-refractivity contribution in [3.05, 3.63) is 39.4 Å². The number of carbonyl (C=O) groups is 1. The van der Waals surface area contributed by atoms with Crippen molar-refractivity contribution < 1.29 is 9.90 Å². The fraction of sp³-hybridized carbons (Fsp3) is 0.500. The third-order valence-electron chi connectivity index (χ3n) is 4.27. The van der Waals surface area contributed by atoms with E-state index in [2.05, 4.69) is 27.8 Å². The number of benzene rings is 1. The number of aromatic hydroxyl groups is 1. The smallest absolute Gasteiger partial charge is 0.219 e. The van der Waals surface area contributed by atoms with E-state index in [-0.39, 0.29) is 5.91 Å². The average molecular weight is 366 g/mol. The predicted octanol–water partition coefficient (Wildman–Crippen LogP) is 4.22. The van der Waals surface area contributed by atoms with E-state index in [4.69, 9.17) is 0 Å². The van der Waals surface area contributed by atoms with Gasteiger partial charge in [0, 0.05) is 18.5 Å². The zero-order chi connectivity index (χ0) is 16.3. The average Bonchev–Trinajstić information content (AvgIpc) is 2.86.